The molecule has 0 spiro atoms. The molecule has 0 saturated carbocycles. The van der Waals surface area contributed by atoms with Crippen molar-refractivity contribution in [1.29, 1.82) is 0 Å². The van der Waals surface area contributed by atoms with E-state index in [9.17, 15) is 9.59 Å². The van der Waals surface area contributed by atoms with Gasteiger partial charge in [0, 0.05) is 36.6 Å². The molecule has 1 N–H and O–H groups in total. The third kappa shape index (κ3) is 4.42. The number of carbonyl (C=O) groups is 2. The number of pyridine rings is 1. The van der Waals surface area contributed by atoms with Gasteiger partial charge in [0.1, 0.15) is 5.69 Å². The highest BCUT2D eigenvalue weighted by Crippen LogP contribution is 2.29. The number of nitrogens with zero attached hydrogens (tertiary/aromatic N) is 2. The van der Waals surface area contributed by atoms with Crippen LogP contribution in [0.15, 0.2) is 36.5 Å². The average molecular weight is 383 g/mol. The van der Waals surface area contributed by atoms with Crippen molar-refractivity contribution >= 4 is 17.5 Å². The largest absolute Gasteiger partial charge is 0.493 e. The standard InChI is InChI=1S/C21H25N3O4/c1-14-7-10-24(11-8-14)21(26)15-6-9-22-17(12-15)20(25)23-16-4-5-18(27-2)19(13-16)28-3/h4-6,9,12-14H,7-8,10-11H2,1-3H3,(H,23,25). The van der Waals surface area contributed by atoms with Gasteiger partial charge in [-0.15, -0.1) is 0 Å². The molecule has 7 nitrogen and oxygen atoms in total. The van der Waals surface area contributed by atoms with Gasteiger partial charge < -0.3 is 19.7 Å². The molecular formula is C21H25N3O4. The van der Waals surface area contributed by atoms with Gasteiger partial charge in [-0.05, 0) is 43.0 Å². The molecule has 0 atom stereocenters. The predicted molar refractivity (Wildman–Crippen MR) is 106 cm³/mol. The van der Waals surface area contributed by atoms with Crippen molar-refractivity contribution in [2.24, 2.45) is 5.92 Å². The summed E-state index contributed by atoms with van der Waals surface area (Å²) in [5.74, 6) is 1.27. The normalized spacial score (nSPS) is 14.5. The van der Waals surface area contributed by atoms with Crippen LogP contribution in [-0.2, 0) is 0 Å². The number of methoxy groups -OCH3 is 2. The lowest BCUT2D eigenvalue weighted by Crippen LogP contribution is -2.38. The second-order valence-corrected chi connectivity index (χ2v) is 6.93. The lowest BCUT2D eigenvalue weighted by Gasteiger charge is -2.30. The van der Waals surface area contributed by atoms with Gasteiger partial charge in [0.2, 0.25) is 0 Å². The van der Waals surface area contributed by atoms with Crippen molar-refractivity contribution in [2.75, 3.05) is 32.6 Å². The molecule has 28 heavy (non-hydrogen) atoms. The van der Waals surface area contributed by atoms with Crippen LogP contribution in [0, 0.1) is 5.92 Å². The molecule has 2 aromatic rings. The number of amides is 2. The van der Waals surface area contributed by atoms with Crippen LogP contribution in [-0.4, -0.2) is 49.0 Å². The molecule has 3 rings (SSSR count). The Kier molecular flexibility index (Phi) is 6.13. The second kappa shape index (κ2) is 8.73. The number of ether oxygens (including phenoxy) is 2. The summed E-state index contributed by atoms with van der Waals surface area (Å²) in [6, 6.07) is 8.27. The molecule has 0 bridgehead atoms. The van der Waals surface area contributed by atoms with Gasteiger partial charge in [-0.1, -0.05) is 6.92 Å². The molecule has 2 amide bonds. The third-order valence-corrected chi connectivity index (χ3v) is 4.95. The Morgan fingerprint density at radius 1 is 1.07 bits per heavy atom. The summed E-state index contributed by atoms with van der Waals surface area (Å²) in [4.78, 5) is 31.3. The van der Waals surface area contributed by atoms with Crippen molar-refractivity contribution in [2.45, 2.75) is 19.8 Å². The van der Waals surface area contributed by atoms with E-state index in [2.05, 4.69) is 17.2 Å². The Morgan fingerprint density at radius 3 is 2.46 bits per heavy atom. The topological polar surface area (TPSA) is 80.8 Å². The SMILES string of the molecule is COc1ccc(NC(=O)c2cc(C(=O)N3CCC(C)CC3)ccn2)cc1OC. The quantitative estimate of drug-likeness (QED) is 0.857. The number of anilines is 1. The number of nitrogens with one attached hydrogen (secondary N) is 1. The van der Waals surface area contributed by atoms with E-state index in [1.165, 1.54) is 19.4 Å². The van der Waals surface area contributed by atoms with E-state index < -0.39 is 5.91 Å². The fourth-order valence-corrected chi connectivity index (χ4v) is 3.19. The first kappa shape index (κ1) is 19.7. The zero-order valence-corrected chi connectivity index (χ0v) is 16.4. The molecule has 0 unspecified atom stereocenters. The van der Waals surface area contributed by atoms with Gasteiger partial charge in [0.25, 0.3) is 11.8 Å². The molecule has 2 heterocycles. The van der Waals surface area contributed by atoms with E-state index in [1.807, 2.05) is 4.90 Å². The third-order valence-electron chi connectivity index (χ3n) is 4.95. The van der Waals surface area contributed by atoms with Gasteiger partial charge in [-0.3, -0.25) is 14.6 Å². The minimum Gasteiger partial charge on any atom is -0.493 e. The molecular weight excluding hydrogens is 358 g/mol. The van der Waals surface area contributed by atoms with Gasteiger partial charge in [0.15, 0.2) is 11.5 Å². The monoisotopic (exact) mass is 383 g/mol. The Morgan fingerprint density at radius 2 is 1.79 bits per heavy atom. The average Bonchev–Trinajstić information content (AvgIpc) is 2.73. The molecule has 1 aliphatic rings. The van der Waals surface area contributed by atoms with Crippen molar-refractivity contribution in [1.82, 2.24) is 9.88 Å². The van der Waals surface area contributed by atoms with E-state index >= 15 is 0 Å². The highest BCUT2D eigenvalue weighted by molar-refractivity contribution is 6.04. The molecule has 148 valence electrons. The molecule has 1 fully saturated rings. The first-order chi connectivity index (χ1) is 13.5. The number of hydrogen-bond acceptors (Lipinski definition) is 5. The molecule has 7 heteroatoms. The first-order valence-electron chi connectivity index (χ1n) is 9.30. The number of benzene rings is 1. The Bertz CT molecular complexity index is 860. The number of carbonyl (C=O) groups excluding carboxylic acids is 2. The Hall–Kier alpha value is -3.09. The van der Waals surface area contributed by atoms with Crippen molar-refractivity contribution < 1.29 is 19.1 Å². The van der Waals surface area contributed by atoms with E-state index in [0.29, 0.717) is 28.7 Å². The van der Waals surface area contributed by atoms with Gasteiger partial charge in [-0.25, -0.2) is 0 Å². The molecule has 0 aliphatic carbocycles. The van der Waals surface area contributed by atoms with Crippen LogP contribution in [0.5, 0.6) is 11.5 Å². The number of hydrogen-bond donors (Lipinski definition) is 1. The first-order valence-corrected chi connectivity index (χ1v) is 9.30. The van der Waals surface area contributed by atoms with E-state index in [0.717, 1.165) is 25.9 Å². The predicted octanol–water partition coefficient (Wildman–Crippen LogP) is 3.22. The van der Waals surface area contributed by atoms with Crippen molar-refractivity contribution in [3.63, 3.8) is 0 Å². The highest BCUT2D eigenvalue weighted by atomic mass is 16.5. The van der Waals surface area contributed by atoms with Gasteiger partial charge >= 0.3 is 0 Å². The summed E-state index contributed by atoms with van der Waals surface area (Å²) < 4.78 is 10.4. The summed E-state index contributed by atoms with van der Waals surface area (Å²) in [5, 5.41) is 2.77. The second-order valence-electron chi connectivity index (χ2n) is 6.93. The number of likely N-dealkylation sites (tertiary alicyclic amines) is 1. The summed E-state index contributed by atoms with van der Waals surface area (Å²) in [6.07, 6.45) is 3.50. The van der Waals surface area contributed by atoms with Crippen LogP contribution in [0.3, 0.4) is 0 Å². The van der Waals surface area contributed by atoms with E-state index in [4.69, 9.17) is 9.47 Å². The van der Waals surface area contributed by atoms with Crippen LogP contribution in [0.1, 0.15) is 40.6 Å². The fourth-order valence-electron chi connectivity index (χ4n) is 3.19. The lowest BCUT2D eigenvalue weighted by molar-refractivity contribution is 0.0697. The maximum absolute atomic E-state index is 12.7. The Labute approximate surface area is 164 Å². The van der Waals surface area contributed by atoms with Gasteiger partial charge in [0.05, 0.1) is 14.2 Å². The zero-order chi connectivity index (χ0) is 20.1. The summed E-state index contributed by atoms with van der Waals surface area (Å²) >= 11 is 0. The van der Waals surface area contributed by atoms with Crippen LogP contribution < -0.4 is 14.8 Å². The van der Waals surface area contributed by atoms with E-state index in [1.54, 1.807) is 31.4 Å². The lowest BCUT2D eigenvalue weighted by atomic mass is 9.98. The van der Waals surface area contributed by atoms with Crippen molar-refractivity contribution in [3.8, 4) is 11.5 Å². The number of aromatic nitrogens is 1. The van der Waals surface area contributed by atoms with Gasteiger partial charge in [-0.2, -0.15) is 0 Å². The maximum atomic E-state index is 12.7. The highest BCUT2D eigenvalue weighted by Gasteiger charge is 2.22. The zero-order valence-electron chi connectivity index (χ0n) is 16.4. The smallest absolute Gasteiger partial charge is 0.274 e. The molecule has 0 radical (unpaired) electrons. The summed E-state index contributed by atoms with van der Waals surface area (Å²) in [5.41, 5.74) is 1.21. The van der Waals surface area contributed by atoms with Crippen LogP contribution in [0.25, 0.3) is 0 Å². The number of rotatable bonds is 5. The maximum Gasteiger partial charge on any atom is 0.274 e. The minimum absolute atomic E-state index is 0.0607. The number of piperidine rings is 1. The van der Waals surface area contributed by atoms with Crippen LogP contribution in [0.4, 0.5) is 5.69 Å². The minimum atomic E-state index is -0.394. The molecule has 1 aromatic heterocycles. The van der Waals surface area contributed by atoms with Crippen LogP contribution in [0.2, 0.25) is 0 Å². The van der Waals surface area contributed by atoms with Crippen molar-refractivity contribution in [3.05, 3.63) is 47.8 Å². The molecule has 1 aromatic carbocycles. The van der Waals surface area contributed by atoms with Crippen LogP contribution >= 0.6 is 0 Å². The van der Waals surface area contributed by atoms with E-state index in [-0.39, 0.29) is 11.6 Å². The fraction of sp³-hybridized carbons (Fsp3) is 0.381. The molecule has 1 aliphatic heterocycles. The molecule has 1 saturated heterocycles. The summed E-state index contributed by atoms with van der Waals surface area (Å²) in [6.45, 7) is 3.69. The summed E-state index contributed by atoms with van der Waals surface area (Å²) in [7, 11) is 3.08. The Balaban J connectivity index is 1.73.